The molecule has 0 fully saturated rings. The fraction of sp³-hybridized carbons (Fsp3) is 0.667. The van der Waals surface area contributed by atoms with Gasteiger partial charge in [-0.2, -0.15) is 0 Å². The SMILES string of the molecule is CCCCCCCCNCC(O)COCc1ccccc1. The molecule has 3 nitrogen and oxygen atoms in total. The monoisotopic (exact) mass is 293 g/mol. The molecule has 1 rings (SSSR count). The van der Waals surface area contributed by atoms with Crippen molar-refractivity contribution in [3.63, 3.8) is 0 Å². The molecule has 1 aromatic rings. The minimum Gasteiger partial charge on any atom is -0.389 e. The third kappa shape index (κ3) is 10.5. The van der Waals surface area contributed by atoms with E-state index in [-0.39, 0.29) is 0 Å². The molecule has 0 saturated heterocycles. The summed E-state index contributed by atoms with van der Waals surface area (Å²) in [5.74, 6) is 0. The smallest absolute Gasteiger partial charge is 0.0897 e. The van der Waals surface area contributed by atoms with Crippen molar-refractivity contribution in [3.8, 4) is 0 Å². The molecule has 0 bridgehead atoms. The minimum atomic E-state index is -0.422. The minimum absolute atomic E-state index is 0.387. The highest BCUT2D eigenvalue weighted by atomic mass is 16.5. The summed E-state index contributed by atoms with van der Waals surface area (Å²) in [6.45, 7) is 4.79. The fourth-order valence-corrected chi connectivity index (χ4v) is 2.24. The normalized spacial score (nSPS) is 12.5. The average Bonchev–Trinajstić information content (AvgIpc) is 2.51. The molecule has 0 aliphatic rings. The Morgan fingerprint density at radius 1 is 1.05 bits per heavy atom. The Balaban J connectivity index is 1.88. The van der Waals surface area contributed by atoms with E-state index >= 15 is 0 Å². The van der Waals surface area contributed by atoms with Crippen molar-refractivity contribution < 1.29 is 9.84 Å². The van der Waals surface area contributed by atoms with E-state index in [0.717, 1.165) is 12.1 Å². The van der Waals surface area contributed by atoms with E-state index in [0.29, 0.717) is 19.8 Å². The molecule has 0 aliphatic heterocycles. The molecule has 0 radical (unpaired) electrons. The third-order valence-corrected chi connectivity index (χ3v) is 3.51. The number of hydrogen-bond acceptors (Lipinski definition) is 3. The molecular weight excluding hydrogens is 262 g/mol. The van der Waals surface area contributed by atoms with Gasteiger partial charge in [-0.25, -0.2) is 0 Å². The van der Waals surface area contributed by atoms with Crippen molar-refractivity contribution in [2.75, 3.05) is 19.7 Å². The zero-order chi connectivity index (χ0) is 15.2. The lowest BCUT2D eigenvalue weighted by Crippen LogP contribution is -2.31. The van der Waals surface area contributed by atoms with Crippen molar-refractivity contribution >= 4 is 0 Å². The van der Waals surface area contributed by atoms with Crippen molar-refractivity contribution in [3.05, 3.63) is 35.9 Å². The lowest BCUT2D eigenvalue weighted by Gasteiger charge is -2.12. The molecule has 1 aromatic carbocycles. The molecule has 0 aromatic heterocycles. The van der Waals surface area contributed by atoms with E-state index in [1.807, 2.05) is 30.3 Å². The number of nitrogens with one attached hydrogen (secondary N) is 1. The number of benzene rings is 1. The summed E-state index contributed by atoms with van der Waals surface area (Å²) in [5, 5.41) is 13.1. The summed E-state index contributed by atoms with van der Waals surface area (Å²) in [5.41, 5.74) is 1.14. The quantitative estimate of drug-likeness (QED) is 0.547. The van der Waals surface area contributed by atoms with Crippen LogP contribution in [0.5, 0.6) is 0 Å². The van der Waals surface area contributed by atoms with Gasteiger partial charge in [0.2, 0.25) is 0 Å². The summed E-state index contributed by atoms with van der Waals surface area (Å²) in [7, 11) is 0. The van der Waals surface area contributed by atoms with Crippen LogP contribution in [0.1, 0.15) is 51.0 Å². The molecule has 21 heavy (non-hydrogen) atoms. The molecular formula is C18H31NO2. The number of aliphatic hydroxyl groups excluding tert-OH is 1. The first-order valence-electron chi connectivity index (χ1n) is 8.33. The summed E-state index contributed by atoms with van der Waals surface area (Å²) in [4.78, 5) is 0. The van der Waals surface area contributed by atoms with Crippen LogP contribution in [0.15, 0.2) is 30.3 Å². The highest BCUT2D eigenvalue weighted by Crippen LogP contribution is 2.04. The Bertz CT molecular complexity index is 329. The maximum Gasteiger partial charge on any atom is 0.0897 e. The van der Waals surface area contributed by atoms with Crippen LogP contribution >= 0.6 is 0 Å². The van der Waals surface area contributed by atoms with E-state index in [2.05, 4.69) is 12.2 Å². The maximum absolute atomic E-state index is 9.81. The summed E-state index contributed by atoms with van der Waals surface area (Å²) in [6.07, 6.45) is 7.39. The zero-order valence-corrected chi connectivity index (χ0v) is 13.4. The van der Waals surface area contributed by atoms with E-state index in [4.69, 9.17) is 4.74 Å². The summed E-state index contributed by atoms with van der Waals surface area (Å²) in [6, 6.07) is 10.0. The van der Waals surface area contributed by atoms with Gasteiger partial charge in [-0.05, 0) is 18.5 Å². The van der Waals surface area contributed by atoms with Crippen LogP contribution in [0.2, 0.25) is 0 Å². The average molecular weight is 293 g/mol. The molecule has 0 amide bonds. The number of unbranched alkanes of at least 4 members (excludes halogenated alkanes) is 5. The molecule has 0 heterocycles. The maximum atomic E-state index is 9.81. The Morgan fingerprint density at radius 2 is 1.76 bits per heavy atom. The number of aliphatic hydroxyl groups is 1. The lowest BCUT2D eigenvalue weighted by atomic mass is 10.1. The molecule has 3 heteroatoms. The zero-order valence-electron chi connectivity index (χ0n) is 13.4. The standard InChI is InChI=1S/C18H31NO2/c1-2-3-4-5-6-10-13-19-14-18(20)16-21-15-17-11-8-7-9-12-17/h7-9,11-12,18-20H,2-6,10,13-16H2,1H3. The predicted molar refractivity (Wildman–Crippen MR) is 88.4 cm³/mol. The Kier molecular flexibility index (Phi) is 11.1. The van der Waals surface area contributed by atoms with Gasteiger partial charge in [0.05, 0.1) is 19.3 Å². The van der Waals surface area contributed by atoms with Gasteiger partial charge >= 0.3 is 0 Å². The second-order valence-corrected chi connectivity index (χ2v) is 5.63. The van der Waals surface area contributed by atoms with E-state index < -0.39 is 6.10 Å². The highest BCUT2D eigenvalue weighted by molar-refractivity contribution is 5.13. The first-order chi connectivity index (χ1) is 10.3. The highest BCUT2D eigenvalue weighted by Gasteiger charge is 2.03. The third-order valence-electron chi connectivity index (χ3n) is 3.51. The molecule has 0 aliphatic carbocycles. The second-order valence-electron chi connectivity index (χ2n) is 5.63. The van der Waals surface area contributed by atoms with Gasteiger partial charge in [0.25, 0.3) is 0 Å². The Morgan fingerprint density at radius 3 is 2.52 bits per heavy atom. The Hall–Kier alpha value is -0.900. The van der Waals surface area contributed by atoms with Crippen LogP contribution in [0.3, 0.4) is 0 Å². The van der Waals surface area contributed by atoms with Crippen LogP contribution in [-0.2, 0) is 11.3 Å². The largest absolute Gasteiger partial charge is 0.389 e. The molecule has 0 saturated carbocycles. The van der Waals surface area contributed by atoms with Crippen molar-refractivity contribution in [2.45, 2.75) is 58.2 Å². The predicted octanol–water partition coefficient (Wildman–Crippen LogP) is 3.51. The lowest BCUT2D eigenvalue weighted by molar-refractivity contribution is 0.0289. The number of hydrogen-bond donors (Lipinski definition) is 2. The van der Waals surface area contributed by atoms with Crippen molar-refractivity contribution in [1.82, 2.24) is 5.32 Å². The van der Waals surface area contributed by atoms with Crippen LogP contribution in [0.25, 0.3) is 0 Å². The topological polar surface area (TPSA) is 41.5 Å². The van der Waals surface area contributed by atoms with Gasteiger partial charge in [0, 0.05) is 6.54 Å². The first-order valence-corrected chi connectivity index (χ1v) is 8.33. The van der Waals surface area contributed by atoms with Gasteiger partial charge < -0.3 is 15.2 Å². The second kappa shape index (κ2) is 12.8. The van der Waals surface area contributed by atoms with Crippen LogP contribution < -0.4 is 5.32 Å². The fourth-order valence-electron chi connectivity index (χ4n) is 2.24. The van der Waals surface area contributed by atoms with Gasteiger partial charge in [-0.1, -0.05) is 69.4 Å². The van der Waals surface area contributed by atoms with Crippen LogP contribution in [-0.4, -0.2) is 30.9 Å². The van der Waals surface area contributed by atoms with E-state index in [9.17, 15) is 5.11 Å². The van der Waals surface area contributed by atoms with Crippen LogP contribution in [0.4, 0.5) is 0 Å². The molecule has 2 N–H and O–H groups in total. The van der Waals surface area contributed by atoms with Gasteiger partial charge in [-0.15, -0.1) is 0 Å². The summed E-state index contributed by atoms with van der Waals surface area (Å²) < 4.78 is 5.51. The Labute approximate surface area is 129 Å². The van der Waals surface area contributed by atoms with Gasteiger partial charge in [-0.3, -0.25) is 0 Å². The number of ether oxygens (including phenoxy) is 1. The van der Waals surface area contributed by atoms with E-state index in [1.165, 1.54) is 38.5 Å². The van der Waals surface area contributed by atoms with Gasteiger partial charge in [0.1, 0.15) is 0 Å². The van der Waals surface area contributed by atoms with Crippen molar-refractivity contribution in [2.24, 2.45) is 0 Å². The van der Waals surface area contributed by atoms with Gasteiger partial charge in [0.15, 0.2) is 0 Å². The molecule has 1 unspecified atom stereocenters. The molecule has 1 atom stereocenters. The number of rotatable bonds is 13. The van der Waals surface area contributed by atoms with Crippen molar-refractivity contribution in [1.29, 1.82) is 0 Å². The molecule has 120 valence electrons. The summed E-state index contributed by atoms with van der Waals surface area (Å²) >= 11 is 0. The first kappa shape index (κ1) is 18.1. The molecule has 0 spiro atoms. The van der Waals surface area contributed by atoms with E-state index in [1.54, 1.807) is 0 Å². The van der Waals surface area contributed by atoms with Crippen LogP contribution in [0, 0.1) is 0 Å².